The van der Waals surface area contributed by atoms with Gasteiger partial charge in [0, 0.05) is 0 Å². The van der Waals surface area contributed by atoms with Crippen molar-refractivity contribution >= 4 is 10.0 Å². The van der Waals surface area contributed by atoms with Gasteiger partial charge in [-0.05, 0) is 31.5 Å². The van der Waals surface area contributed by atoms with Crippen LogP contribution in [-0.2, 0) is 10.0 Å². The number of benzene rings is 1. The van der Waals surface area contributed by atoms with E-state index in [1.807, 2.05) is 6.92 Å². The number of ether oxygens (including phenoxy) is 1. The zero-order valence-electron chi connectivity index (χ0n) is 8.80. The lowest BCUT2D eigenvalue weighted by Gasteiger charge is -2.10. The fourth-order valence-corrected chi connectivity index (χ4v) is 1.73. The van der Waals surface area contributed by atoms with Crippen LogP contribution in [-0.4, -0.2) is 15.0 Å². The van der Waals surface area contributed by atoms with E-state index in [4.69, 9.17) is 9.88 Å². The predicted molar refractivity (Wildman–Crippen MR) is 59.1 cm³/mol. The van der Waals surface area contributed by atoms with E-state index in [0.717, 1.165) is 5.75 Å². The molecule has 1 aromatic rings. The maximum Gasteiger partial charge on any atom is 0.215 e. The summed E-state index contributed by atoms with van der Waals surface area (Å²) in [6, 6.07) is 6.89. The molecule has 1 rings (SSSR count). The minimum Gasteiger partial charge on any atom is -0.494 e. The van der Waals surface area contributed by atoms with Crippen LogP contribution in [0, 0.1) is 0 Å². The molecule has 0 aliphatic carbocycles. The second-order valence-electron chi connectivity index (χ2n) is 3.23. The Morgan fingerprint density at radius 2 is 1.87 bits per heavy atom. The maximum absolute atomic E-state index is 11.1. The number of hydrogen-bond acceptors (Lipinski definition) is 3. The highest BCUT2D eigenvalue weighted by Crippen LogP contribution is 2.21. The van der Waals surface area contributed by atoms with Gasteiger partial charge in [0.2, 0.25) is 10.0 Å². The summed E-state index contributed by atoms with van der Waals surface area (Å²) in [7, 11) is -3.52. The predicted octanol–water partition coefficient (Wildman–Crippen LogP) is 1.43. The summed E-state index contributed by atoms with van der Waals surface area (Å²) in [5.74, 6) is 0.725. The third-order valence-electron chi connectivity index (χ3n) is 2.15. The molecule has 1 unspecified atom stereocenters. The molecular formula is C10H15NO3S. The lowest BCUT2D eigenvalue weighted by Crippen LogP contribution is -2.19. The quantitative estimate of drug-likeness (QED) is 0.849. The lowest BCUT2D eigenvalue weighted by atomic mass is 10.1. The van der Waals surface area contributed by atoms with E-state index < -0.39 is 15.3 Å². The third kappa shape index (κ3) is 3.21. The van der Waals surface area contributed by atoms with Gasteiger partial charge in [0.1, 0.15) is 5.75 Å². The number of rotatable bonds is 4. The molecule has 0 saturated heterocycles. The molecule has 0 radical (unpaired) electrons. The lowest BCUT2D eigenvalue weighted by molar-refractivity contribution is 0.340. The number of primary sulfonamides is 1. The van der Waals surface area contributed by atoms with Gasteiger partial charge in [0.25, 0.3) is 0 Å². The van der Waals surface area contributed by atoms with Crippen LogP contribution in [0.1, 0.15) is 24.7 Å². The maximum atomic E-state index is 11.1. The molecule has 1 atom stereocenters. The SMILES string of the molecule is CCOc1ccc(C(C)S(N)(=O)=O)cc1. The Hall–Kier alpha value is -1.07. The Morgan fingerprint density at radius 3 is 2.27 bits per heavy atom. The summed E-state index contributed by atoms with van der Waals surface area (Å²) in [4.78, 5) is 0. The van der Waals surface area contributed by atoms with Gasteiger partial charge in [0.15, 0.2) is 0 Å². The number of hydrogen-bond donors (Lipinski definition) is 1. The first-order valence-corrected chi connectivity index (χ1v) is 6.30. The van der Waals surface area contributed by atoms with Crippen molar-refractivity contribution in [3.63, 3.8) is 0 Å². The summed E-state index contributed by atoms with van der Waals surface area (Å²) in [5, 5.41) is 4.36. The van der Waals surface area contributed by atoms with Crippen LogP contribution in [0.15, 0.2) is 24.3 Å². The number of sulfonamides is 1. The van der Waals surface area contributed by atoms with E-state index in [9.17, 15) is 8.42 Å². The first kappa shape index (κ1) is 12.0. The van der Waals surface area contributed by atoms with Crippen LogP contribution in [0.5, 0.6) is 5.75 Å². The van der Waals surface area contributed by atoms with Gasteiger partial charge >= 0.3 is 0 Å². The van der Waals surface area contributed by atoms with Crippen molar-refractivity contribution in [2.24, 2.45) is 5.14 Å². The fraction of sp³-hybridized carbons (Fsp3) is 0.400. The standard InChI is InChI=1S/C10H15NO3S/c1-3-14-10-6-4-9(5-7-10)8(2)15(11,12)13/h4-8H,3H2,1-2H3,(H2,11,12,13). The van der Waals surface area contributed by atoms with Crippen molar-refractivity contribution in [2.45, 2.75) is 19.1 Å². The average Bonchev–Trinajstić information content (AvgIpc) is 2.17. The Labute approximate surface area is 90.1 Å². The molecule has 5 heteroatoms. The highest BCUT2D eigenvalue weighted by molar-refractivity contribution is 7.89. The zero-order chi connectivity index (χ0) is 11.5. The van der Waals surface area contributed by atoms with Gasteiger partial charge in [-0.2, -0.15) is 0 Å². The van der Waals surface area contributed by atoms with Crippen LogP contribution in [0.3, 0.4) is 0 Å². The Morgan fingerprint density at radius 1 is 1.33 bits per heavy atom. The summed E-state index contributed by atoms with van der Waals surface area (Å²) >= 11 is 0. The van der Waals surface area contributed by atoms with E-state index >= 15 is 0 Å². The molecule has 0 aromatic heterocycles. The third-order valence-corrected chi connectivity index (χ3v) is 3.41. The molecule has 0 aliphatic rings. The molecule has 0 heterocycles. The van der Waals surface area contributed by atoms with E-state index in [1.54, 1.807) is 31.2 Å². The summed E-state index contributed by atoms with van der Waals surface area (Å²) in [6.45, 7) is 4.04. The van der Waals surface area contributed by atoms with Crippen LogP contribution in [0.25, 0.3) is 0 Å². The zero-order valence-corrected chi connectivity index (χ0v) is 9.62. The van der Waals surface area contributed by atoms with Crippen molar-refractivity contribution in [3.05, 3.63) is 29.8 Å². The van der Waals surface area contributed by atoms with E-state index in [1.165, 1.54) is 0 Å². The highest BCUT2D eigenvalue weighted by Gasteiger charge is 2.17. The van der Waals surface area contributed by atoms with Crippen molar-refractivity contribution in [1.29, 1.82) is 0 Å². The first-order chi connectivity index (χ1) is 6.95. The van der Waals surface area contributed by atoms with Gasteiger partial charge in [0.05, 0.1) is 11.9 Å². The molecule has 2 N–H and O–H groups in total. The summed E-state index contributed by atoms with van der Waals surface area (Å²) in [6.07, 6.45) is 0. The molecule has 1 aromatic carbocycles. The van der Waals surface area contributed by atoms with Crippen LogP contribution in [0.2, 0.25) is 0 Å². The van der Waals surface area contributed by atoms with E-state index in [2.05, 4.69) is 0 Å². The molecule has 0 fully saturated rings. The van der Waals surface area contributed by atoms with Crippen molar-refractivity contribution in [3.8, 4) is 5.75 Å². The Kier molecular flexibility index (Phi) is 3.71. The first-order valence-electron chi connectivity index (χ1n) is 4.69. The molecule has 4 nitrogen and oxygen atoms in total. The average molecular weight is 229 g/mol. The summed E-state index contributed by atoms with van der Waals surface area (Å²) < 4.78 is 27.4. The normalized spacial score (nSPS) is 13.5. The van der Waals surface area contributed by atoms with Gasteiger partial charge in [-0.3, -0.25) is 0 Å². The van der Waals surface area contributed by atoms with E-state index in [-0.39, 0.29) is 0 Å². The van der Waals surface area contributed by atoms with Crippen molar-refractivity contribution < 1.29 is 13.2 Å². The Balaban J connectivity index is 2.89. The highest BCUT2D eigenvalue weighted by atomic mass is 32.2. The smallest absolute Gasteiger partial charge is 0.215 e. The number of nitrogens with two attached hydrogens (primary N) is 1. The van der Waals surface area contributed by atoms with Crippen molar-refractivity contribution in [2.75, 3.05) is 6.61 Å². The monoisotopic (exact) mass is 229 g/mol. The Bertz CT molecular complexity index is 411. The minimum atomic E-state index is -3.52. The molecule has 84 valence electrons. The molecule has 0 saturated carbocycles. The summed E-state index contributed by atoms with van der Waals surface area (Å²) in [5.41, 5.74) is 0.668. The topological polar surface area (TPSA) is 69.4 Å². The second kappa shape index (κ2) is 4.63. The van der Waals surface area contributed by atoms with Gasteiger partial charge in [-0.25, -0.2) is 13.6 Å². The molecule has 0 bridgehead atoms. The van der Waals surface area contributed by atoms with Gasteiger partial charge < -0.3 is 4.74 Å². The molecule has 15 heavy (non-hydrogen) atoms. The van der Waals surface area contributed by atoms with Crippen LogP contribution >= 0.6 is 0 Å². The molecular weight excluding hydrogens is 214 g/mol. The second-order valence-corrected chi connectivity index (χ2v) is 5.12. The minimum absolute atomic E-state index is 0.587. The molecule has 0 spiro atoms. The molecule has 0 aliphatic heterocycles. The molecule has 0 amide bonds. The van der Waals surface area contributed by atoms with Gasteiger partial charge in [-0.1, -0.05) is 12.1 Å². The van der Waals surface area contributed by atoms with Crippen LogP contribution < -0.4 is 9.88 Å². The van der Waals surface area contributed by atoms with Crippen molar-refractivity contribution in [1.82, 2.24) is 0 Å². The van der Waals surface area contributed by atoms with E-state index in [0.29, 0.717) is 12.2 Å². The largest absolute Gasteiger partial charge is 0.494 e. The fourth-order valence-electron chi connectivity index (χ4n) is 1.19. The van der Waals surface area contributed by atoms with Gasteiger partial charge in [-0.15, -0.1) is 0 Å². The van der Waals surface area contributed by atoms with Crippen LogP contribution in [0.4, 0.5) is 0 Å².